The first-order valence-electron chi connectivity index (χ1n) is 16.1. The molecular weight excluding hydrogens is 512 g/mol. The molecule has 0 heterocycles. The molecule has 4 rings (SSSR count). The third-order valence-electron chi connectivity index (χ3n) is 9.09. The number of carbonyl (C=O) groups excluding carboxylic acids is 2. The maximum absolute atomic E-state index is 11.0. The van der Waals surface area contributed by atoms with Gasteiger partial charge in [0.15, 0.2) is 0 Å². The molecule has 2 aromatic carbocycles. The largest absolute Gasteiger partial charge is 0.457 e. The van der Waals surface area contributed by atoms with Crippen molar-refractivity contribution in [2.75, 3.05) is 0 Å². The molecule has 0 aromatic heterocycles. The van der Waals surface area contributed by atoms with E-state index in [4.69, 9.17) is 4.74 Å². The molecule has 2 N–H and O–H groups in total. The van der Waals surface area contributed by atoms with Gasteiger partial charge in [0.25, 0.3) is 0 Å². The Morgan fingerprint density at radius 2 is 0.976 bits per heavy atom. The highest BCUT2D eigenvalue weighted by Crippen LogP contribution is 2.50. The van der Waals surface area contributed by atoms with Gasteiger partial charge in [-0.3, -0.25) is 0 Å². The Bertz CT molecular complexity index is 1090. The normalized spacial score (nSPS) is 20.5. The van der Waals surface area contributed by atoms with Gasteiger partial charge in [0.2, 0.25) is 0 Å². The van der Waals surface area contributed by atoms with Crippen molar-refractivity contribution in [3.05, 3.63) is 57.6 Å². The molecule has 2 aromatic rings. The number of carbonyl (C=O) groups is 2. The number of unbranched alkanes of at least 4 members (excludes halogenated alkanes) is 12. The lowest BCUT2D eigenvalue weighted by Crippen LogP contribution is -2.38. The van der Waals surface area contributed by atoms with Crippen LogP contribution in [0.3, 0.4) is 0 Å². The summed E-state index contributed by atoms with van der Waals surface area (Å²) in [5.41, 5.74) is 5.11. The van der Waals surface area contributed by atoms with E-state index in [1.165, 1.54) is 36.8 Å². The molecule has 2 aliphatic rings. The molecule has 41 heavy (non-hydrogen) atoms. The molecule has 0 spiro atoms. The predicted molar refractivity (Wildman–Crippen MR) is 164 cm³/mol. The van der Waals surface area contributed by atoms with E-state index in [1.54, 1.807) is 0 Å². The number of aliphatic hydroxyl groups is 2. The molecule has 0 aliphatic heterocycles. The molecule has 0 fully saturated rings. The molecule has 0 saturated heterocycles. The van der Waals surface area contributed by atoms with Gasteiger partial charge in [0, 0.05) is 36.8 Å². The van der Waals surface area contributed by atoms with Crippen molar-refractivity contribution < 1.29 is 24.5 Å². The monoisotopic (exact) mass is 562 g/mol. The van der Waals surface area contributed by atoms with Gasteiger partial charge in [-0.15, -0.1) is 0 Å². The minimum atomic E-state index is -0.814. The number of hydrogen-bond donors (Lipinski definition) is 2. The van der Waals surface area contributed by atoms with Crippen molar-refractivity contribution >= 4 is 12.6 Å². The van der Waals surface area contributed by atoms with Crippen molar-refractivity contribution in [2.45, 2.75) is 141 Å². The Kier molecular flexibility index (Phi) is 11.2. The maximum atomic E-state index is 11.0. The molecule has 0 saturated carbocycles. The summed E-state index contributed by atoms with van der Waals surface area (Å²) < 4.78 is 6.51. The summed E-state index contributed by atoms with van der Waals surface area (Å²) in [7, 11) is 0. The average Bonchev–Trinajstić information content (AvgIpc) is 2.92. The number of rotatable bonds is 20. The Morgan fingerprint density at radius 3 is 1.34 bits per heavy atom. The fourth-order valence-electron chi connectivity index (χ4n) is 6.93. The number of fused-ring (bicyclic) bond motifs is 2. The molecule has 2 aliphatic carbocycles. The van der Waals surface area contributed by atoms with E-state index >= 15 is 0 Å². The zero-order valence-corrected chi connectivity index (χ0v) is 25.3. The third kappa shape index (κ3) is 7.87. The second kappa shape index (κ2) is 14.6. The molecule has 0 radical (unpaired) electrons. The van der Waals surface area contributed by atoms with E-state index < -0.39 is 11.2 Å². The second-order valence-corrected chi connectivity index (χ2v) is 12.8. The van der Waals surface area contributed by atoms with E-state index in [9.17, 15) is 19.8 Å². The van der Waals surface area contributed by atoms with Crippen LogP contribution in [0.4, 0.5) is 0 Å². The molecule has 0 amide bonds. The number of aldehydes is 2. The number of ether oxygens (including phenoxy) is 1. The first kappa shape index (κ1) is 31.4. The first-order valence-corrected chi connectivity index (χ1v) is 16.1. The van der Waals surface area contributed by atoms with Gasteiger partial charge in [-0.25, -0.2) is 0 Å². The van der Waals surface area contributed by atoms with Gasteiger partial charge >= 0.3 is 0 Å². The van der Waals surface area contributed by atoms with Crippen molar-refractivity contribution in [1.82, 2.24) is 0 Å². The fourth-order valence-corrected chi connectivity index (χ4v) is 6.93. The zero-order chi connectivity index (χ0) is 29.3. The summed E-state index contributed by atoms with van der Waals surface area (Å²) in [5, 5.41) is 22.0. The van der Waals surface area contributed by atoms with E-state index in [1.807, 2.05) is 13.8 Å². The molecular formula is C36H50O5. The van der Waals surface area contributed by atoms with Crippen LogP contribution >= 0.6 is 0 Å². The number of benzene rings is 2. The topological polar surface area (TPSA) is 83.8 Å². The van der Waals surface area contributed by atoms with Gasteiger partial charge in [0.1, 0.15) is 24.1 Å². The van der Waals surface area contributed by atoms with Crippen LogP contribution in [0.5, 0.6) is 11.5 Å². The number of aryl methyl sites for hydroxylation is 2. The summed E-state index contributed by atoms with van der Waals surface area (Å²) in [6.45, 7) is 3.80. The summed E-state index contributed by atoms with van der Waals surface area (Å²) in [4.78, 5) is 20.9. The van der Waals surface area contributed by atoms with E-state index in [0.29, 0.717) is 25.7 Å². The molecule has 0 bridgehead atoms. The van der Waals surface area contributed by atoms with Crippen LogP contribution in [0.25, 0.3) is 0 Å². The van der Waals surface area contributed by atoms with Gasteiger partial charge in [-0.1, -0.05) is 63.5 Å². The molecule has 5 nitrogen and oxygen atoms in total. The Morgan fingerprint density at radius 1 is 0.610 bits per heavy atom. The summed E-state index contributed by atoms with van der Waals surface area (Å²) >= 11 is 0. The first-order chi connectivity index (χ1) is 19.8. The van der Waals surface area contributed by atoms with Crippen molar-refractivity contribution in [3.8, 4) is 11.5 Å². The maximum Gasteiger partial charge on any atom is 0.131 e. The summed E-state index contributed by atoms with van der Waals surface area (Å²) in [6.07, 6.45) is 19.9. The van der Waals surface area contributed by atoms with E-state index in [-0.39, 0.29) is 0 Å². The SMILES string of the molecule is CC1(O)Cc2c(Oc3ccc(CCCCCCCCC=O)c4c3CC4(C)O)ccc(CCCCCCCCC=O)c21. The highest BCUT2D eigenvalue weighted by Gasteiger charge is 2.43. The quantitative estimate of drug-likeness (QED) is 0.126. The van der Waals surface area contributed by atoms with Crippen LogP contribution < -0.4 is 4.74 Å². The molecule has 5 heteroatoms. The van der Waals surface area contributed by atoms with Gasteiger partial charge in [-0.2, -0.15) is 0 Å². The van der Waals surface area contributed by atoms with Crippen molar-refractivity contribution in [2.24, 2.45) is 0 Å². The predicted octanol–water partition coefficient (Wildman–Crippen LogP) is 7.95. The fraction of sp³-hybridized carbons (Fsp3) is 0.611. The van der Waals surface area contributed by atoms with Crippen LogP contribution in [-0.4, -0.2) is 22.8 Å². The molecule has 2 atom stereocenters. The third-order valence-corrected chi connectivity index (χ3v) is 9.09. The van der Waals surface area contributed by atoms with Gasteiger partial charge < -0.3 is 24.5 Å². The lowest BCUT2D eigenvalue weighted by Gasteiger charge is -2.41. The van der Waals surface area contributed by atoms with Gasteiger partial charge in [-0.05, 0) is 86.8 Å². The Hall–Kier alpha value is -2.50. The Balaban J connectivity index is 1.36. The lowest BCUT2D eigenvalue weighted by molar-refractivity contribution is -0.108. The Labute approximate surface area is 246 Å². The van der Waals surface area contributed by atoms with Crippen LogP contribution in [0.2, 0.25) is 0 Å². The van der Waals surface area contributed by atoms with Crippen LogP contribution in [0.15, 0.2) is 24.3 Å². The average molecular weight is 563 g/mol. The highest BCUT2D eigenvalue weighted by molar-refractivity contribution is 5.60. The summed E-state index contributed by atoms with van der Waals surface area (Å²) in [6, 6.07) is 8.38. The van der Waals surface area contributed by atoms with Crippen LogP contribution in [0, 0.1) is 0 Å². The minimum absolute atomic E-state index is 0.593. The summed E-state index contributed by atoms with van der Waals surface area (Å²) in [5.74, 6) is 1.64. The second-order valence-electron chi connectivity index (χ2n) is 12.8. The minimum Gasteiger partial charge on any atom is -0.457 e. The zero-order valence-electron chi connectivity index (χ0n) is 25.3. The standard InChI is InChI=1S/C36H50O5/c1-35(39)25-29-31(21-19-27(33(29)35)17-13-9-5-3-7-11-15-23-37)41-32-22-20-28(34-30(32)26-36(34,2)40)18-14-10-6-4-8-12-16-24-38/h19-24,39-40H,3-18,25-26H2,1-2H3. The van der Waals surface area contributed by atoms with Crippen LogP contribution in [-0.2, 0) is 46.5 Å². The smallest absolute Gasteiger partial charge is 0.131 e. The van der Waals surface area contributed by atoms with Crippen molar-refractivity contribution in [1.29, 1.82) is 0 Å². The number of hydrogen-bond acceptors (Lipinski definition) is 5. The molecule has 2 unspecified atom stereocenters. The van der Waals surface area contributed by atoms with Crippen molar-refractivity contribution in [3.63, 3.8) is 0 Å². The van der Waals surface area contributed by atoms with Crippen LogP contribution in [0.1, 0.15) is 137 Å². The lowest BCUT2D eigenvalue weighted by atomic mass is 9.70. The van der Waals surface area contributed by atoms with E-state index in [2.05, 4.69) is 24.3 Å². The molecule has 224 valence electrons. The van der Waals surface area contributed by atoms with E-state index in [0.717, 1.165) is 111 Å². The highest BCUT2D eigenvalue weighted by atomic mass is 16.5. The van der Waals surface area contributed by atoms with Gasteiger partial charge in [0.05, 0.1) is 11.2 Å².